The molecule has 0 saturated carbocycles. The standard InChI is InChI=1S/C16H27NO/c1-13(2)12-18-17-15(11-16(3,4)5)14-9-7-6-8-10-14/h6-10,13,15,17H,11-12H2,1-5H3. The second kappa shape index (κ2) is 6.91. The molecule has 0 heterocycles. The fourth-order valence-corrected chi connectivity index (χ4v) is 1.84. The molecule has 0 spiro atoms. The summed E-state index contributed by atoms with van der Waals surface area (Å²) in [6.07, 6.45) is 1.05. The van der Waals surface area contributed by atoms with Gasteiger partial charge in [0.05, 0.1) is 12.6 Å². The third-order valence-corrected chi connectivity index (χ3v) is 2.66. The Bertz CT molecular complexity index is 327. The van der Waals surface area contributed by atoms with Gasteiger partial charge in [0.1, 0.15) is 0 Å². The van der Waals surface area contributed by atoms with E-state index in [4.69, 9.17) is 4.84 Å². The molecule has 0 bridgehead atoms. The van der Waals surface area contributed by atoms with Gasteiger partial charge in [0, 0.05) is 0 Å². The van der Waals surface area contributed by atoms with Gasteiger partial charge in [-0.3, -0.25) is 0 Å². The van der Waals surface area contributed by atoms with Gasteiger partial charge in [0.2, 0.25) is 0 Å². The van der Waals surface area contributed by atoms with Gasteiger partial charge in [0.25, 0.3) is 0 Å². The van der Waals surface area contributed by atoms with E-state index in [1.54, 1.807) is 0 Å². The summed E-state index contributed by atoms with van der Waals surface area (Å²) in [6.45, 7) is 11.8. The molecule has 0 fully saturated rings. The first-order valence-electron chi connectivity index (χ1n) is 6.81. The molecule has 1 unspecified atom stereocenters. The summed E-state index contributed by atoms with van der Waals surface area (Å²) in [4.78, 5) is 5.61. The molecular formula is C16H27NO. The molecule has 102 valence electrons. The molecule has 2 heteroatoms. The van der Waals surface area contributed by atoms with Crippen LogP contribution in [0, 0.1) is 11.3 Å². The normalized spacial score (nSPS) is 13.9. The van der Waals surface area contributed by atoms with Crippen LogP contribution in [0.3, 0.4) is 0 Å². The summed E-state index contributed by atoms with van der Waals surface area (Å²) in [7, 11) is 0. The summed E-state index contributed by atoms with van der Waals surface area (Å²) in [5, 5.41) is 0. The van der Waals surface area contributed by atoms with Crippen molar-refractivity contribution in [2.45, 2.75) is 47.1 Å². The van der Waals surface area contributed by atoms with Crippen LogP contribution >= 0.6 is 0 Å². The van der Waals surface area contributed by atoms with Crippen molar-refractivity contribution in [3.05, 3.63) is 35.9 Å². The van der Waals surface area contributed by atoms with Crippen LogP contribution in [-0.4, -0.2) is 6.61 Å². The Balaban J connectivity index is 2.64. The van der Waals surface area contributed by atoms with Crippen LogP contribution in [0.25, 0.3) is 0 Å². The summed E-state index contributed by atoms with van der Waals surface area (Å²) in [5.41, 5.74) is 4.78. The number of benzene rings is 1. The highest BCUT2D eigenvalue weighted by Crippen LogP contribution is 2.29. The molecule has 0 saturated heterocycles. The van der Waals surface area contributed by atoms with Crippen LogP contribution < -0.4 is 5.48 Å². The van der Waals surface area contributed by atoms with Gasteiger partial charge in [-0.15, -0.1) is 0 Å². The Labute approximate surface area is 112 Å². The summed E-state index contributed by atoms with van der Waals surface area (Å²) in [6, 6.07) is 10.8. The van der Waals surface area contributed by atoms with E-state index in [-0.39, 0.29) is 11.5 Å². The van der Waals surface area contributed by atoms with Crippen LogP contribution in [0.4, 0.5) is 0 Å². The first-order chi connectivity index (χ1) is 8.38. The third kappa shape index (κ3) is 6.18. The lowest BCUT2D eigenvalue weighted by molar-refractivity contribution is -0.00821. The molecule has 0 aromatic heterocycles. The molecule has 0 aliphatic heterocycles. The Kier molecular flexibility index (Phi) is 5.83. The van der Waals surface area contributed by atoms with Crippen molar-refractivity contribution < 1.29 is 4.84 Å². The molecule has 0 amide bonds. The Morgan fingerprint density at radius 2 is 1.72 bits per heavy atom. The number of hydrogen-bond donors (Lipinski definition) is 1. The fraction of sp³-hybridized carbons (Fsp3) is 0.625. The van der Waals surface area contributed by atoms with E-state index in [0.717, 1.165) is 13.0 Å². The van der Waals surface area contributed by atoms with Crippen molar-refractivity contribution in [1.82, 2.24) is 5.48 Å². The SMILES string of the molecule is CC(C)CONC(CC(C)(C)C)c1ccccc1. The third-order valence-electron chi connectivity index (χ3n) is 2.66. The maximum atomic E-state index is 5.61. The molecule has 0 radical (unpaired) electrons. The molecule has 0 aliphatic rings. The minimum Gasteiger partial charge on any atom is -0.301 e. The smallest absolute Gasteiger partial charge is 0.0705 e. The average molecular weight is 249 g/mol. The molecule has 18 heavy (non-hydrogen) atoms. The second-order valence-corrected chi connectivity index (χ2v) is 6.55. The minimum absolute atomic E-state index is 0.255. The topological polar surface area (TPSA) is 21.3 Å². The predicted octanol–water partition coefficient (Wildman–Crippen LogP) is 4.34. The van der Waals surface area contributed by atoms with Gasteiger partial charge in [-0.25, -0.2) is 0 Å². The van der Waals surface area contributed by atoms with E-state index in [9.17, 15) is 0 Å². The molecule has 1 aromatic rings. The lowest BCUT2D eigenvalue weighted by Crippen LogP contribution is -2.27. The quantitative estimate of drug-likeness (QED) is 0.757. The van der Waals surface area contributed by atoms with E-state index < -0.39 is 0 Å². The van der Waals surface area contributed by atoms with Crippen LogP contribution in [0.5, 0.6) is 0 Å². The highest BCUT2D eigenvalue weighted by molar-refractivity contribution is 5.18. The highest BCUT2D eigenvalue weighted by atomic mass is 16.6. The van der Waals surface area contributed by atoms with Gasteiger partial charge in [-0.1, -0.05) is 65.0 Å². The summed E-state index contributed by atoms with van der Waals surface area (Å²) in [5.74, 6) is 0.545. The molecule has 1 rings (SSSR count). The van der Waals surface area contributed by atoms with Crippen molar-refractivity contribution >= 4 is 0 Å². The fourth-order valence-electron chi connectivity index (χ4n) is 1.84. The van der Waals surface area contributed by atoms with Gasteiger partial charge >= 0.3 is 0 Å². The van der Waals surface area contributed by atoms with Crippen LogP contribution in [0.2, 0.25) is 0 Å². The number of hydrogen-bond acceptors (Lipinski definition) is 2. The van der Waals surface area contributed by atoms with Gasteiger partial charge < -0.3 is 4.84 Å². The Hall–Kier alpha value is -0.860. The molecule has 2 nitrogen and oxygen atoms in total. The molecular weight excluding hydrogens is 222 g/mol. The first kappa shape index (κ1) is 15.2. The lowest BCUT2D eigenvalue weighted by Gasteiger charge is -2.27. The molecule has 1 atom stereocenters. The van der Waals surface area contributed by atoms with E-state index >= 15 is 0 Å². The Morgan fingerprint density at radius 3 is 2.22 bits per heavy atom. The second-order valence-electron chi connectivity index (χ2n) is 6.55. The van der Waals surface area contributed by atoms with E-state index in [2.05, 4.69) is 64.4 Å². The average Bonchev–Trinajstić information content (AvgIpc) is 2.27. The van der Waals surface area contributed by atoms with E-state index in [1.165, 1.54) is 5.56 Å². The van der Waals surface area contributed by atoms with Crippen LogP contribution in [0.15, 0.2) is 30.3 Å². The van der Waals surface area contributed by atoms with Crippen LogP contribution in [-0.2, 0) is 4.84 Å². The lowest BCUT2D eigenvalue weighted by atomic mass is 9.86. The van der Waals surface area contributed by atoms with Crippen molar-refractivity contribution in [1.29, 1.82) is 0 Å². The number of hydroxylamine groups is 1. The zero-order valence-corrected chi connectivity index (χ0v) is 12.4. The molecule has 1 aromatic carbocycles. The molecule has 1 N–H and O–H groups in total. The molecule has 0 aliphatic carbocycles. The Morgan fingerprint density at radius 1 is 1.11 bits per heavy atom. The summed E-state index contributed by atoms with van der Waals surface area (Å²) < 4.78 is 0. The van der Waals surface area contributed by atoms with Gasteiger partial charge in [-0.2, -0.15) is 5.48 Å². The number of rotatable bonds is 6. The monoisotopic (exact) mass is 249 g/mol. The first-order valence-corrected chi connectivity index (χ1v) is 6.81. The zero-order chi connectivity index (χ0) is 13.6. The van der Waals surface area contributed by atoms with Crippen molar-refractivity contribution in [2.75, 3.05) is 6.61 Å². The van der Waals surface area contributed by atoms with Crippen molar-refractivity contribution in [3.8, 4) is 0 Å². The summed E-state index contributed by atoms with van der Waals surface area (Å²) >= 11 is 0. The maximum Gasteiger partial charge on any atom is 0.0705 e. The van der Waals surface area contributed by atoms with Crippen molar-refractivity contribution in [2.24, 2.45) is 11.3 Å². The zero-order valence-electron chi connectivity index (χ0n) is 12.4. The van der Waals surface area contributed by atoms with Crippen LogP contribution in [0.1, 0.15) is 52.6 Å². The van der Waals surface area contributed by atoms with E-state index in [1.807, 2.05) is 6.07 Å². The van der Waals surface area contributed by atoms with E-state index in [0.29, 0.717) is 5.92 Å². The minimum atomic E-state index is 0.255. The predicted molar refractivity (Wildman–Crippen MR) is 77.2 cm³/mol. The van der Waals surface area contributed by atoms with Gasteiger partial charge in [-0.05, 0) is 23.3 Å². The van der Waals surface area contributed by atoms with Gasteiger partial charge in [0.15, 0.2) is 0 Å². The van der Waals surface area contributed by atoms with Crippen molar-refractivity contribution in [3.63, 3.8) is 0 Å². The number of nitrogens with one attached hydrogen (secondary N) is 1. The maximum absolute atomic E-state index is 5.61. The highest BCUT2D eigenvalue weighted by Gasteiger charge is 2.20. The largest absolute Gasteiger partial charge is 0.301 e.